The van der Waals surface area contributed by atoms with Crippen molar-refractivity contribution in [3.8, 4) is 5.75 Å². The summed E-state index contributed by atoms with van der Waals surface area (Å²) in [4.78, 5) is 29.0. The first-order valence-corrected chi connectivity index (χ1v) is 9.85. The lowest BCUT2D eigenvalue weighted by Crippen LogP contribution is -2.22. The molecule has 1 heterocycles. The van der Waals surface area contributed by atoms with E-state index >= 15 is 0 Å². The maximum Gasteiger partial charge on any atom is 0.276 e. The maximum absolute atomic E-state index is 12.3. The average Bonchev–Trinajstić information content (AvgIpc) is 3.11. The van der Waals surface area contributed by atoms with Crippen molar-refractivity contribution in [3.63, 3.8) is 0 Å². The van der Waals surface area contributed by atoms with Gasteiger partial charge in [0.1, 0.15) is 12.4 Å². The Morgan fingerprint density at radius 2 is 1.97 bits per heavy atom. The number of aromatic nitrogens is 1. The van der Waals surface area contributed by atoms with E-state index in [2.05, 4.69) is 4.98 Å². The molecule has 0 aliphatic rings. The van der Waals surface area contributed by atoms with E-state index in [1.807, 2.05) is 37.4 Å². The lowest BCUT2D eigenvalue weighted by Gasteiger charge is -2.19. The van der Waals surface area contributed by atoms with E-state index < -0.39 is 4.92 Å². The second-order valence-electron chi connectivity index (χ2n) is 6.69. The first kappa shape index (κ1) is 20.5. The largest absolute Gasteiger partial charge is 0.487 e. The summed E-state index contributed by atoms with van der Waals surface area (Å²) in [6, 6.07) is 10.5. The van der Waals surface area contributed by atoms with Gasteiger partial charge in [0.25, 0.3) is 5.69 Å². The zero-order valence-electron chi connectivity index (χ0n) is 16.6. The van der Waals surface area contributed by atoms with Crippen LogP contribution in [0.1, 0.15) is 29.3 Å². The molecule has 0 aliphatic carbocycles. The fraction of sp³-hybridized carbons (Fsp3) is 0.238. The predicted molar refractivity (Wildman–Crippen MR) is 113 cm³/mol. The molecule has 0 fully saturated rings. The van der Waals surface area contributed by atoms with Gasteiger partial charge >= 0.3 is 0 Å². The van der Waals surface area contributed by atoms with Crippen LogP contribution in [-0.2, 0) is 11.4 Å². The fourth-order valence-electron chi connectivity index (χ4n) is 2.87. The number of carbonyl (C=O) groups excluding carboxylic acids is 1. The van der Waals surface area contributed by atoms with Crippen molar-refractivity contribution >= 4 is 33.8 Å². The summed E-state index contributed by atoms with van der Waals surface area (Å²) in [5, 5.41) is 13.4. The van der Waals surface area contributed by atoms with E-state index in [9.17, 15) is 14.9 Å². The van der Waals surface area contributed by atoms with Crippen LogP contribution in [0.15, 0.2) is 41.8 Å². The summed E-state index contributed by atoms with van der Waals surface area (Å²) in [6.45, 7) is 7.32. The summed E-state index contributed by atoms with van der Waals surface area (Å²) in [7, 11) is 0. The molecule has 1 amide bonds. The minimum Gasteiger partial charge on any atom is -0.487 e. The number of benzene rings is 2. The minimum absolute atomic E-state index is 0.0129. The van der Waals surface area contributed by atoms with Crippen molar-refractivity contribution in [1.82, 2.24) is 4.98 Å². The number of amides is 1. The number of anilines is 2. The van der Waals surface area contributed by atoms with Crippen molar-refractivity contribution in [2.24, 2.45) is 0 Å². The van der Waals surface area contributed by atoms with E-state index in [0.29, 0.717) is 22.1 Å². The number of aryl methyl sites for hydroxylation is 2. The summed E-state index contributed by atoms with van der Waals surface area (Å²) in [6.07, 6.45) is 0. The Labute approximate surface area is 172 Å². The van der Waals surface area contributed by atoms with E-state index in [4.69, 9.17) is 4.74 Å². The second kappa shape index (κ2) is 8.40. The maximum atomic E-state index is 12.3. The Bertz CT molecular complexity index is 1080. The number of nitro benzene ring substituents is 1. The van der Waals surface area contributed by atoms with Crippen LogP contribution >= 0.6 is 11.3 Å². The van der Waals surface area contributed by atoms with Crippen molar-refractivity contribution < 1.29 is 14.5 Å². The molecule has 0 aliphatic heterocycles. The van der Waals surface area contributed by atoms with Crippen LogP contribution in [0, 0.1) is 30.9 Å². The Balaban J connectivity index is 1.81. The van der Waals surface area contributed by atoms with E-state index in [1.54, 1.807) is 24.0 Å². The van der Waals surface area contributed by atoms with Crippen LogP contribution in [0.25, 0.3) is 0 Å². The molecule has 0 saturated carbocycles. The SMILES string of the molecule is CC(=O)N(c1ccc(C)c(C)c1)c1nc(COc2cccc([N+](=O)[O-])c2C)cs1. The highest BCUT2D eigenvalue weighted by Crippen LogP contribution is 2.31. The Kier molecular flexibility index (Phi) is 5.93. The highest BCUT2D eigenvalue weighted by atomic mass is 32.1. The van der Waals surface area contributed by atoms with E-state index in [0.717, 1.165) is 16.8 Å². The standard InChI is InChI=1S/C21H21N3O4S/c1-13-8-9-18(10-14(13)2)23(16(4)25)21-22-17(12-29-21)11-28-20-7-5-6-19(15(20)3)24(26)27/h5-10,12H,11H2,1-4H3. The monoisotopic (exact) mass is 411 g/mol. The fourth-order valence-corrected chi connectivity index (χ4v) is 3.74. The third-order valence-corrected chi connectivity index (χ3v) is 5.50. The summed E-state index contributed by atoms with van der Waals surface area (Å²) < 4.78 is 5.74. The van der Waals surface area contributed by atoms with Crippen LogP contribution < -0.4 is 9.64 Å². The average molecular weight is 411 g/mol. The zero-order chi connectivity index (χ0) is 21.1. The molecule has 0 radical (unpaired) electrons. The molecule has 2 aromatic carbocycles. The lowest BCUT2D eigenvalue weighted by atomic mass is 10.1. The number of hydrogen-bond acceptors (Lipinski definition) is 6. The van der Waals surface area contributed by atoms with Gasteiger partial charge < -0.3 is 4.74 Å². The zero-order valence-corrected chi connectivity index (χ0v) is 17.4. The molecule has 3 rings (SSSR count). The molecule has 1 aromatic heterocycles. The first-order valence-electron chi connectivity index (χ1n) is 8.97. The Morgan fingerprint density at radius 3 is 2.62 bits per heavy atom. The van der Waals surface area contributed by atoms with Crippen LogP contribution in [0.3, 0.4) is 0 Å². The first-order chi connectivity index (χ1) is 13.8. The smallest absolute Gasteiger partial charge is 0.276 e. The van der Waals surface area contributed by atoms with Crippen LogP contribution in [0.4, 0.5) is 16.5 Å². The van der Waals surface area contributed by atoms with Gasteiger partial charge in [-0.25, -0.2) is 4.98 Å². The van der Waals surface area contributed by atoms with Gasteiger partial charge in [-0.3, -0.25) is 19.8 Å². The molecule has 150 valence electrons. The van der Waals surface area contributed by atoms with Crippen molar-refractivity contribution in [2.45, 2.75) is 34.3 Å². The van der Waals surface area contributed by atoms with Gasteiger partial charge in [-0.15, -0.1) is 11.3 Å². The van der Waals surface area contributed by atoms with Gasteiger partial charge in [0.2, 0.25) is 5.91 Å². The normalized spacial score (nSPS) is 10.6. The van der Waals surface area contributed by atoms with Gasteiger partial charge in [-0.05, 0) is 50.1 Å². The van der Waals surface area contributed by atoms with Crippen LogP contribution in [-0.4, -0.2) is 15.8 Å². The number of ether oxygens (including phenoxy) is 1. The van der Waals surface area contributed by atoms with Gasteiger partial charge in [0.15, 0.2) is 5.13 Å². The molecule has 0 saturated heterocycles. The Hall–Kier alpha value is -3.26. The molecule has 7 nitrogen and oxygen atoms in total. The van der Waals surface area contributed by atoms with Gasteiger partial charge in [-0.1, -0.05) is 12.1 Å². The van der Waals surface area contributed by atoms with Crippen molar-refractivity contribution in [3.05, 3.63) is 74.3 Å². The molecule has 0 spiro atoms. The van der Waals surface area contributed by atoms with Gasteiger partial charge in [0, 0.05) is 18.4 Å². The van der Waals surface area contributed by atoms with E-state index in [-0.39, 0.29) is 18.2 Å². The topological polar surface area (TPSA) is 85.6 Å². The quantitative estimate of drug-likeness (QED) is 0.409. The van der Waals surface area contributed by atoms with Gasteiger partial charge in [0.05, 0.1) is 21.9 Å². The van der Waals surface area contributed by atoms with Crippen LogP contribution in [0.5, 0.6) is 5.75 Å². The third-order valence-electron chi connectivity index (χ3n) is 4.62. The third kappa shape index (κ3) is 4.43. The molecule has 29 heavy (non-hydrogen) atoms. The molecular weight excluding hydrogens is 390 g/mol. The molecular formula is C21H21N3O4S. The second-order valence-corrected chi connectivity index (χ2v) is 7.53. The number of nitro groups is 1. The predicted octanol–water partition coefficient (Wildman–Crippen LogP) is 5.24. The lowest BCUT2D eigenvalue weighted by molar-refractivity contribution is -0.385. The summed E-state index contributed by atoms with van der Waals surface area (Å²) in [5.74, 6) is 0.302. The molecule has 0 bridgehead atoms. The molecule has 0 atom stereocenters. The molecule has 3 aromatic rings. The summed E-state index contributed by atoms with van der Waals surface area (Å²) >= 11 is 1.34. The van der Waals surface area contributed by atoms with Gasteiger partial charge in [-0.2, -0.15) is 0 Å². The molecule has 0 N–H and O–H groups in total. The molecule has 8 heteroatoms. The minimum atomic E-state index is -0.433. The number of carbonyl (C=O) groups is 1. The highest BCUT2D eigenvalue weighted by Gasteiger charge is 2.19. The van der Waals surface area contributed by atoms with E-state index in [1.165, 1.54) is 24.3 Å². The highest BCUT2D eigenvalue weighted by molar-refractivity contribution is 7.14. The summed E-state index contributed by atoms with van der Waals surface area (Å²) in [5.41, 5.74) is 4.13. The number of hydrogen-bond donors (Lipinski definition) is 0. The van der Waals surface area contributed by atoms with Crippen molar-refractivity contribution in [2.75, 3.05) is 4.90 Å². The number of rotatable bonds is 6. The molecule has 0 unspecified atom stereocenters. The van der Waals surface area contributed by atoms with Crippen molar-refractivity contribution in [1.29, 1.82) is 0 Å². The number of nitrogens with zero attached hydrogens (tertiary/aromatic N) is 3. The number of thiazole rings is 1. The van der Waals surface area contributed by atoms with Crippen LogP contribution in [0.2, 0.25) is 0 Å². The Morgan fingerprint density at radius 1 is 1.21 bits per heavy atom.